The lowest BCUT2D eigenvalue weighted by atomic mass is 9.83. The number of likely N-dealkylation sites (tertiary alicyclic amines) is 1. The van der Waals surface area contributed by atoms with Crippen LogP contribution in [0.25, 0.3) is 27.4 Å². The van der Waals surface area contributed by atoms with E-state index in [4.69, 9.17) is 10.5 Å². The fourth-order valence-corrected chi connectivity index (χ4v) is 8.05. The minimum absolute atomic E-state index is 0.00450. The van der Waals surface area contributed by atoms with Gasteiger partial charge >= 0.3 is 0 Å². The fraction of sp³-hybridized carbons (Fsp3) is 0.474. The number of halogens is 1. The van der Waals surface area contributed by atoms with Crippen LogP contribution in [0.5, 0.6) is 11.5 Å². The third kappa shape index (κ3) is 5.82. The van der Waals surface area contributed by atoms with Gasteiger partial charge in [-0.05, 0) is 107 Å². The third-order valence-electron chi connectivity index (χ3n) is 10.8. The first kappa shape index (κ1) is 30.9. The first-order valence-corrected chi connectivity index (χ1v) is 17.2. The standard InChI is InChI=1S/C38H45FN4O3/c1-23-7-5-8-24(2)42(23)18-6-17-41-38(45)31-22-43-33-19-26-9-3-4-10-27(26)20-34(33)46-37-29(16-13-25-11-14-28(40)15-12-25)32(39)21-30(35(37)43)36(31)44/h3-4,9-10,19-25,28H,5-8,11-18,40H2,1-2H3,(H,41,45). The molecule has 8 heteroatoms. The lowest BCUT2D eigenvalue weighted by Gasteiger charge is -2.39. The topological polar surface area (TPSA) is 89.6 Å². The van der Waals surface area contributed by atoms with Crippen molar-refractivity contribution in [3.8, 4) is 17.2 Å². The van der Waals surface area contributed by atoms with E-state index in [0.29, 0.717) is 53.5 Å². The van der Waals surface area contributed by atoms with E-state index in [1.807, 2.05) is 41.0 Å². The summed E-state index contributed by atoms with van der Waals surface area (Å²) < 4.78 is 24.4. The van der Waals surface area contributed by atoms with Crippen LogP contribution >= 0.6 is 0 Å². The molecule has 3 aliphatic rings. The van der Waals surface area contributed by atoms with Crippen LogP contribution in [0.1, 0.15) is 87.6 Å². The van der Waals surface area contributed by atoms with Gasteiger partial charge in [0.25, 0.3) is 5.91 Å². The predicted octanol–water partition coefficient (Wildman–Crippen LogP) is 7.22. The molecule has 3 aromatic carbocycles. The third-order valence-corrected chi connectivity index (χ3v) is 10.8. The molecular weight excluding hydrogens is 579 g/mol. The number of hydrogen-bond acceptors (Lipinski definition) is 5. The second kappa shape index (κ2) is 12.8. The van der Waals surface area contributed by atoms with Crippen molar-refractivity contribution in [1.29, 1.82) is 0 Å². The van der Waals surface area contributed by atoms with Crippen LogP contribution < -0.4 is 21.2 Å². The summed E-state index contributed by atoms with van der Waals surface area (Å²) in [5.41, 5.74) is 7.36. The first-order chi connectivity index (χ1) is 22.3. The highest BCUT2D eigenvalue weighted by Crippen LogP contribution is 2.45. The molecule has 2 aliphatic heterocycles. The zero-order chi connectivity index (χ0) is 31.9. The Morgan fingerprint density at radius 1 is 1.02 bits per heavy atom. The lowest BCUT2D eigenvalue weighted by Crippen LogP contribution is -2.44. The van der Waals surface area contributed by atoms with E-state index >= 15 is 4.39 Å². The monoisotopic (exact) mass is 624 g/mol. The minimum atomic E-state index is -0.483. The van der Waals surface area contributed by atoms with Crippen molar-refractivity contribution in [3.63, 3.8) is 0 Å². The molecule has 2 atom stereocenters. The summed E-state index contributed by atoms with van der Waals surface area (Å²) in [5, 5.41) is 5.14. The van der Waals surface area contributed by atoms with Gasteiger partial charge in [0.2, 0.25) is 5.43 Å². The molecule has 3 heterocycles. The second-order valence-corrected chi connectivity index (χ2v) is 13.9. The van der Waals surface area contributed by atoms with Gasteiger partial charge in [-0.3, -0.25) is 14.5 Å². The van der Waals surface area contributed by atoms with Crippen LogP contribution in [0.3, 0.4) is 0 Å². The zero-order valence-corrected chi connectivity index (χ0v) is 27.0. The highest BCUT2D eigenvalue weighted by molar-refractivity contribution is 6.00. The molecule has 1 amide bonds. The zero-order valence-electron chi connectivity index (χ0n) is 27.0. The average Bonchev–Trinajstić information content (AvgIpc) is 3.04. The number of nitrogens with zero attached hydrogens (tertiary/aromatic N) is 2. The molecule has 0 radical (unpaired) electrons. The largest absolute Gasteiger partial charge is 0.452 e. The van der Waals surface area contributed by atoms with Gasteiger partial charge in [0, 0.05) is 43.0 Å². The maximum atomic E-state index is 16.0. The van der Waals surface area contributed by atoms with E-state index in [1.54, 1.807) is 6.20 Å². The van der Waals surface area contributed by atoms with E-state index in [-0.39, 0.29) is 17.0 Å². The van der Waals surface area contributed by atoms with E-state index in [9.17, 15) is 9.59 Å². The van der Waals surface area contributed by atoms with Crippen LogP contribution in [0.2, 0.25) is 0 Å². The molecule has 0 spiro atoms. The number of nitrogens with one attached hydrogen (secondary N) is 1. The molecule has 4 aromatic rings. The highest BCUT2D eigenvalue weighted by atomic mass is 19.1. The Labute approximate surface area is 269 Å². The van der Waals surface area contributed by atoms with E-state index < -0.39 is 17.2 Å². The van der Waals surface area contributed by atoms with Gasteiger partial charge < -0.3 is 20.4 Å². The van der Waals surface area contributed by atoms with Crippen molar-refractivity contribution in [2.75, 3.05) is 13.1 Å². The molecule has 1 saturated carbocycles. The first-order valence-electron chi connectivity index (χ1n) is 17.2. The number of benzene rings is 3. The Hall–Kier alpha value is -3.75. The van der Waals surface area contributed by atoms with E-state index in [0.717, 1.165) is 61.5 Å². The number of nitrogens with two attached hydrogens (primary N) is 1. The van der Waals surface area contributed by atoms with Crippen molar-refractivity contribution in [2.24, 2.45) is 11.7 Å². The molecule has 1 saturated heterocycles. The summed E-state index contributed by atoms with van der Waals surface area (Å²) in [5.74, 6) is 0.523. The molecule has 2 unspecified atom stereocenters. The molecule has 1 aromatic heterocycles. The van der Waals surface area contributed by atoms with Crippen molar-refractivity contribution >= 4 is 27.6 Å². The summed E-state index contributed by atoms with van der Waals surface area (Å²) in [6, 6.07) is 14.6. The SMILES string of the molecule is CC1CCCC(C)N1CCCNC(=O)c1cn2c3c(c(CCC4CCC(N)CC4)c(F)cc3c1=O)Oc1cc3ccccc3cc1-2. The summed E-state index contributed by atoms with van der Waals surface area (Å²) >= 11 is 0. The number of piperidine rings is 1. The van der Waals surface area contributed by atoms with Gasteiger partial charge in [0.15, 0.2) is 11.5 Å². The van der Waals surface area contributed by atoms with Gasteiger partial charge in [-0.25, -0.2) is 4.39 Å². The number of fused-ring (bicyclic) bond motifs is 3. The molecule has 2 fully saturated rings. The van der Waals surface area contributed by atoms with Crippen molar-refractivity contribution in [3.05, 3.63) is 75.8 Å². The van der Waals surface area contributed by atoms with Gasteiger partial charge in [-0.15, -0.1) is 0 Å². The number of carbonyl (C=O) groups is 1. The predicted molar refractivity (Wildman–Crippen MR) is 182 cm³/mol. The Morgan fingerprint density at radius 2 is 1.74 bits per heavy atom. The molecular formula is C38H45FN4O3. The normalized spacial score (nSPS) is 22.9. The van der Waals surface area contributed by atoms with Crippen LogP contribution in [-0.4, -0.2) is 46.6 Å². The van der Waals surface area contributed by atoms with Gasteiger partial charge in [-0.1, -0.05) is 30.7 Å². The number of aromatic nitrogens is 1. The lowest BCUT2D eigenvalue weighted by molar-refractivity contribution is 0.0924. The molecule has 3 N–H and O–H groups in total. The maximum Gasteiger partial charge on any atom is 0.256 e. The van der Waals surface area contributed by atoms with Crippen LogP contribution in [0.4, 0.5) is 4.39 Å². The quantitative estimate of drug-likeness (QED) is 0.178. The van der Waals surface area contributed by atoms with Crippen LogP contribution in [-0.2, 0) is 6.42 Å². The Balaban J connectivity index is 1.23. The number of carbonyl (C=O) groups excluding carboxylic acids is 1. The highest BCUT2D eigenvalue weighted by Gasteiger charge is 2.30. The number of ether oxygens (including phenoxy) is 1. The molecule has 46 heavy (non-hydrogen) atoms. The Morgan fingerprint density at radius 3 is 2.48 bits per heavy atom. The van der Waals surface area contributed by atoms with E-state index in [2.05, 4.69) is 24.1 Å². The average molecular weight is 625 g/mol. The van der Waals surface area contributed by atoms with Crippen molar-refractivity contribution in [1.82, 2.24) is 14.8 Å². The maximum absolute atomic E-state index is 16.0. The number of amides is 1. The van der Waals surface area contributed by atoms with Crippen molar-refractivity contribution in [2.45, 2.75) is 96.2 Å². The van der Waals surface area contributed by atoms with Gasteiger partial charge in [0.05, 0.1) is 11.1 Å². The minimum Gasteiger partial charge on any atom is -0.452 e. The summed E-state index contributed by atoms with van der Waals surface area (Å²) in [4.78, 5) is 30.0. The summed E-state index contributed by atoms with van der Waals surface area (Å²) in [6.07, 6.45) is 11.5. The summed E-state index contributed by atoms with van der Waals surface area (Å²) in [6.45, 7) is 5.89. The van der Waals surface area contributed by atoms with Gasteiger partial charge in [-0.2, -0.15) is 0 Å². The summed E-state index contributed by atoms with van der Waals surface area (Å²) in [7, 11) is 0. The number of rotatable bonds is 8. The number of hydrogen-bond donors (Lipinski definition) is 2. The van der Waals surface area contributed by atoms with E-state index in [1.165, 1.54) is 25.3 Å². The van der Waals surface area contributed by atoms with Crippen LogP contribution in [0, 0.1) is 11.7 Å². The molecule has 1 aliphatic carbocycles. The second-order valence-electron chi connectivity index (χ2n) is 13.9. The molecule has 0 bridgehead atoms. The van der Waals surface area contributed by atoms with Crippen molar-refractivity contribution < 1.29 is 13.9 Å². The fourth-order valence-electron chi connectivity index (χ4n) is 8.05. The smallest absolute Gasteiger partial charge is 0.256 e. The van der Waals surface area contributed by atoms with Gasteiger partial charge in [0.1, 0.15) is 16.9 Å². The Kier molecular flexibility index (Phi) is 8.59. The molecule has 7 nitrogen and oxygen atoms in total. The molecule has 7 rings (SSSR count). The van der Waals surface area contributed by atoms with Crippen LogP contribution in [0.15, 0.2) is 53.5 Å². The Bertz CT molecular complexity index is 1830. The molecule has 242 valence electrons. The number of pyridine rings is 1.